The Balaban J connectivity index is 2.53. The summed E-state index contributed by atoms with van der Waals surface area (Å²) in [6, 6.07) is 2.19. The molecule has 1 rings (SSSR count). The van der Waals surface area contributed by atoms with Gasteiger partial charge >= 0.3 is 11.9 Å². The van der Waals surface area contributed by atoms with Crippen LogP contribution < -0.4 is 21.7 Å². The zero-order valence-corrected chi connectivity index (χ0v) is 17.2. The molecule has 0 aliphatic carbocycles. The average Bonchev–Trinajstić information content (AvgIpc) is 2.70. The molecule has 3 amide bonds. The fourth-order valence-electron chi connectivity index (χ4n) is 2.36. The van der Waals surface area contributed by atoms with E-state index < -0.39 is 60.8 Å². The van der Waals surface area contributed by atoms with Crippen molar-refractivity contribution in [2.24, 2.45) is 5.73 Å². The first-order chi connectivity index (χ1) is 14.5. The third kappa shape index (κ3) is 9.35. The van der Waals surface area contributed by atoms with Crippen LogP contribution in [0.4, 0.5) is 0 Å². The number of carbonyl (C=O) groups is 5. The zero-order valence-electron chi connectivity index (χ0n) is 16.3. The predicted molar refractivity (Wildman–Crippen MR) is 110 cm³/mol. The number of nitrogens with one attached hydrogen (secondary N) is 3. The van der Waals surface area contributed by atoms with Crippen molar-refractivity contribution in [1.29, 1.82) is 0 Å². The molecule has 0 spiro atoms. The van der Waals surface area contributed by atoms with E-state index in [4.69, 9.17) is 15.9 Å². The van der Waals surface area contributed by atoms with E-state index in [1.165, 1.54) is 12.1 Å². The number of hydrogen-bond donors (Lipinski definition) is 8. The fourth-order valence-corrected chi connectivity index (χ4v) is 2.62. The Bertz CT molecular complexity index is 817. The van der Waals surface area contributed by atoms with Crippen LogP contribution in [0, 0.1) is 0 Å². The summed E-state index contributed by atoms with van der Waals surface area (Å²) in [6.45, 7) is -0.503. The molecule has 12 nitrogen and oxygen atoms in total. The van der Waals surface area contributed by atoms with Crippen molar-refractivity contribution in [2.45, 2.75) is 31.0 Å². The molecule has 0 heterocycles. The van der Waals surface area contributed by atoms with Crippen molar-refractivity contribution in [2.75, 3.05) is 12.3 Å². The summed E-state index contributed by atoms with van der Waals surface area (Å²) >= 11 is 3.91. The average molecular weight is 456 g/mol. The summed E-state index contributed by atoms with van der Waals surface area (Å²) in [6.07, 6.45) is -0.682. The number of hydrogen-bond acceptors (Lipinski definition) is 8. The maximum Gasteiger partial charge on any atom is 0.326 e. The van der Waals surface area contributed by atoms with E-state index in [2.05, 4.69) is 23.3 Å². The minimum absolute atomic E-state index is 0.0684. The van der Waals surface area contributed by atoms with Crippen LogP contribution in [0.15, 0.2) is 24.3 Å². The molecule has 170 valence electrons. The van der Waals surface area contributed by atoms with Gasteiger partial charge in [-0.05, 0) is 24.1 Å². The van der Waals surface area contributed by atoms with E-state index in [1.807, 2.05) is 5.32 Å². The lowest BCUT2D eigenvalue weighted by molar-refractivity contribution is -0.147. The number of rotatable bonds is 12. The molecule has 13 heteroatoms. The monoisotopic (exact) mass is 456 g/mol. The standard InChI is InChI=1S/C18H24N4O8S/c19-11(5-9-1-3-10(23)4-2-9)16(27)20-7-14(24)21-13(8-31)17(28)22-12(18(29)30)6-15(25)26/h1-4,11-13,23,31H,5-8,19H2,(H,20,27)(H,21,24)(H,22,28)(H,25,26)(H,29,30). The van der Waals surface area contributed by atoms with E-state index in [9.17, 15) is 29.1 Å². The number of aromatic hydroxyl groups is 1. The van der Waals surface area contributed by atoms with Gasteiger partial charge in [-0.3, -0.25) is 19.2 Å². The maximum absolute atomic E-state index is 12.1. The van der Waals surface area contributed by atoms with Gasteiger partial charge in [-0.1, -0.05) is 12.1 Å². The lowest BCUT2D eigenvalue weighted by Gasteiger charge is -2.19. The molecule has 0 bridgehead atoms. The normalized spacial score (nSPS) is 13.4. The number of nitrogens with two attached hydrogens (primary N) is 1. The van der Waals surface area contributed by atoms with Crippen LogP contribution in [-0.2, 0) is 30.4 Å². The Labute approximate surface area is 182 Å². The molecule has 3 unspecified atom stereocenters. The molecular weight excluding hydrogens is 432 g/mol. The van der Waals surface area contributed by atoms with Crippen LogP contribution in [-0.4, -0.2) is 75.4 Å². The molecule has 0 aliphatic rings. The molecular formula is C18H24N4O8S. The highest BCUT2D eigenvalue weighted by Gasteiger charge is 2.27. The van der Waals surface area contributed by atoms with Gasteiger partial charge in [0.2, 0.25) is 17.7 Å². The molecule has 0 saturated heterocycles. The van der Waals surface area contributed by atoms with Crippen molar-refractivity contribution >= 4 is 42.3 Å². The SMILES string of the molecule is NC(Cc1ccc(O)cc1)C(=O)NCC(=O)NC(CS)C(=O)NC(CC(=O)O)C(=O)O. The minimum Gasteiger partial charge on any atom is -0.508 e. The maximum atomic E-state index is 12.1. The molecule has 3 atom stereocenters. The van der Waals surface area contributed by atoms with Gasteiger partial charge in [0.15, 0.2) is 0 Å². The molecule has 0 radical (unpaired) electrons. The number of carboxylic acid groups (broad SMARTS) is 2. The van der Waals surface area contributed by atoms with Crippen molar-refractivity contribution in [1.82, 2.24) is 16.0 Å². The van der Waals surface area contributed by atoms with Crippen LogP contribution >= 0.6 is 12.6 Å². The van der Waals surface area contributed by atoms with Gasteiger partial charge in [0.1, 0.15) is 17.8 Å². The summed E-state index contributed by atoms with van der Waals surface area (Å²) in [5, 5.41) is 33.5. The van der Waals surface area contributed by atoms with Gasteiger partial charge in [-0.15, -0.1) is 0 Å². The van der Waals surface area contributed by atoms with Crippen molar-refractivity contribution < 1.29 is 39.3 Å². The largest absolute Gasteiger partial charge is 0.508 e. The molecule has 0 fully saturated rings. The smallest absolute Gasteiger partial charge is 0.326 e. The summed E-state index contributed by atoms with van der Waals surface area (Å²) in [7, 11) is 0. The Kier molecular flexibility index (Phi) is 10.3. The molecule has 1 aromatic rings. The van der Waals surface area contributed by atoms with Gasteiger partial charge in [-0.25, -0.2) is 4.79 Å². The number of aliphatic carboxylic acids is 2. The second-order valence-corrected chi connectivity index (χ2v) is 6.86. The van der Waals surface area contributed by atoms with Crippen molar-refractivity contribution in [3.63, 3.8) is 0 Å². The molecule has 1 aromatic carbocycles. The molecule has 0 saturated carbocycles. The third-order valence-electron chi connectivity index (χ3n) is 3.98. The Morgan fingerprint density at radius 1 is 0.968 bits per heavy atom. The number of carbonyl (C=O) groups excluding carboxylic acids is 3. The van der Waals surface area contributed by atoms with E-state index in [0.29, 0.717) is 5.56 Å². The van der Waals surface area contributed by atoms with E-state index in [-0.39, 0.29) is 17.9 Å². The third-order valence-corrected chi connectivity index (χ3v) is 4.34. The van der Waals surface area contributed by atoms with Crippen molar-refractivity contribution in [3.8, 4) is 5.75 Å². The van der Waals surface area contributed by atoms with Gasteiger partial charge < -0.3 is 37.0 Å². The van der Waals surface area contributed by atoms with Gasteiger partial charge in [0.05, 0.1) is 19.0 Å². The fraction of sp³-hybridized carbons (Fsp3) is 0.389. The number of phenolic OH excluding ortho intramolecular Hbond substituents is 1. The number of amides is 3. The Morgan fingerprint density at radius 2 is 1.58 bits per heavy atom. The lowest BCUT2D eigenvalue weighted by atomic mass is 10.1. The second-order valence-electron chi connectivity index (χ2n) is 6.49. The highest BCUT2D eigenvalue weighted by Crippen LogP contribution is 2.10. The second kappa shape index (κ2) is 12.4. The van der Waals surface area contributed by atoms with Gasteiger partial charge in [0, 0.05) is 5.75 Å². The van der Waals surface area contributed by atoms with Crippen LogP contribution in [0.3, 0.4) is 0 Å². The summed E-state index contributed by atoms with van der Waals surface area (Å²) in [5.41, 5.74) is 6.49. The van der Waals surface area contributed by atoms with Crippen molar-refractivity contribution in [3.05, 3.63) is 29.8 Å². The van der Waals surface area contributed by atoms with Crippen LogP contribution in [0.25, 0.3) is 0 Å². The minimum atomic E-state index is -1.68. The molecule has 31 heavy (non-hydrogen) atoms. The topological polar surface area (TPSA) is 208 Å². The van der Waals surface area contributed by atoms with Crippen LogP contribution in [0.5, 0.6) is 5.75 Å². The quantitative estimate of drug-likeness (QED) is 0.161. The van der Waals surface area contributed by atoms with Gasteiger partial charge in [-0.2, -0.15) is 12.6 Å². The predicted octanol–water partition coefficient (Wildman–Crippen LogP) is -2.16. The zero-order chi connectivity index (χ0) is 23.6. The van der Waals surface area contributed by atoms with E-state index in [0.717, 1.165) is 0 Å². The summed E-state index contributed by atoms with van der Waals surface area (Å²) in [4.78, 5) is 57.9. The first-order valence-corrected chi connectivity index (χ1v) is 9.63. The number of thiol groups is 1. The highest BCUT2D eigenvalue weighted by atomic mass is 32.1. The molecule has 0 aromatic heterocycles. The van der Waals surface area contributed by atoms with Crippen LogP contribution in [0.1, 0.15) is 12.0 Å². The first-order valence-electron chi connectivity index (χ1n) is 8.99. The van der Waals surface area contributed by atoms with Crippen LogP contribution in [0.2, 0.25) is 0 Å². The summed E-state index contributed by atoms with van der Waals surface area (Å²) < 4.78 is 0. The Morgan fingerprint density at radius 3 is 2.10 bits per heavy atom. The number of carboxylic acids is 2. The Hall–Kier alpha value is -3.32. The summed E-state index contributed by atoms with van der Waals surface area (Å²) in [5.74, 6) is -5.43. The lowest BCUT2D eigenvalue weighted by Crippen LogP contribution is -2.54. The van der Waals surface area contributed by atoms with E-state index >= 15 is 0 Å². The van der Waals surface area contributed by atoms with E-state index in [1.54, 1.807) is 12.1 Å². The number of phenols is 1. The highest BCUT2D eigenvalue weighted by molar-refractivity contribution is 7.80. The van der Waals surface area contributed by atoms with Gasteiger partial charge in [0.25, 0.3) is 0 Å². The molecule has 0 aliphatic heterocycles. The molecule has 8 N–H and O–H groups in total. The first kappa shape index (κ1) is 25.7. The number of benzene rings is 1.